The van der Waals surface area contributed by atoms with E-state index in [0.29, 0.717) is 0 Å². The Labute approximate surface area is 324 Å². The molecule has 0 aliphatic heterocycles. The van der Waals surface area contributed by atoms with Crippen molar-refractivity contribution in [3.8, 4) is 38.0 Å². The number of hydrogen-bond donors (Lipinski definition) is 0. The molecule has 0 fully saturated rings. The predicted molar refractivity (Wildman–Crippen MR) is 236 cm³/mol. The minimum atomic E-state index is 1.03. The van der Waals surface area contributed by atoms with Crippen molar-refractivity contribution < 1.29 is 0 Å². The molecule has 0 amide bonds. The zero-order chi connectivity index (χ0) is 36.0. The summed E-state index contributed by atoms with van der Waals surface area (Å²) in [6.07, 6.45) is 0. The highest BCUT2D eigenvalue weighted by atomic mass is 32.1. The lowest BCUT2D eigenvalue weighted by molar-refractivity contribution is 1.18. The third kappa shape index (κ3) is 5.01. The van der Waals surface area contributed by atoms with Gasteiger partial charge in [-0.15, -0.1) is 22.7 Å². The topological polar surface area (TPSA) is 30.7 Å². The first-order chi connectivity index (χ1) is 27.2. The normalized spacial score (nSPS) is 12.0. The highest BCUT2D eigenvalue weighted by Gasteiger charge is 2.18. The fourth-order valence-electron chi connectivity index (χ4n) is 8.21. The summed E-state index contributed by atoms with van der Waals surface area (Å²) in [6, 6.07) is 63.9. The second kappa shape index (κ2) is 11.9. The fourth-order valence-corrected chi connectivity index (χ4v) is 10.2. The molecular formula is C50H29N3S2. The van der Waals surface area contributed by atoms with Gasteiger partial charge in [-0.2, -0.15) is 0 Å². The minimum Gasteiger partial charge on any atom is -0.309 e. The molecule has 0 atom stereocenters. The average molecular weight is 736 g/mol. The van der Waals surface area contributed by atoms with Crippen molar-refractivity contribution in [1.29, 1.82) is 0 Å². The Balaban J connectivity index is 1.03. The lowest BCUT2D eigenvalue weighted by Crippen LogP contribution is -1.94. The van der Waals surface area contributed by atoms with Crippen molar-refractivity contribution in [2.24, 2.45) is 0 Å². The van der Waals surface area contributed by atoms with E-state index in [0.717, 1.165) is 48.9 Å². The zero-order valence-electron chi connectivity index (χ0n) is 29.4. The smallest absolute Gasteiger partial charge is 0.124 e. The van der Waals surface area contributed by atoms with Gasteiger partial charge < -0.3 is 4.57 Å². The molecule has 3 nitrogen and oxygen atoms in total. The molecule has 0 aliphatic carbocycles. The van der Waals surface area contributed by atoms with Crippen LogP contribution < -0.4 is 0 Å². The van der Waals surface area contributed by atoms with Crippen molar-refractivity contribution in [2.75, 3.05) is 0 Å². The fraction of sp³-hybridized carbons (Fsp3) is 0. The van der Waals surface area contributed by atoms with Gasteiger partial charge in [0.15, 0.2) is 0 Å². The van der Waals surface area contributed by atoms with Gasteiger partial charge in [-0.25, -0.2) is 9.97 Å². The summed E-state index contributed by atoms with van der Waals surface area (Å²) in [7, 11) is 0. The quantitative estimate of drug-likeness (QED) is 0.180. The van der Waals surface area contributed by atoms with E-state index in [2.05, 4.69) is 180 Å². The van der Waals surface area contributed by atoms with E-state index in [9.17, 15) is 0 Å². The van der Waals surface area contributed by atoms with Crippen LogP contribution in [0.5, 0.6) is 0 Å². The van der Waals surface area contributed by atoms with Gasteiger partial charge in [0.2, 0.25) is 0 Å². The van der Waals surface area contributed by atoms with Gasteiger partial charge in [-0.1, -0.05) is 97.1 Å². The van der Waals surface area contributed by atoms with Gasteiger partial charge in [0.1, 0.15) is 10.0 Å². The number of rotatable bonds is 4. The molecule has 0 spiro atoms. The highest BCUT2D eigenvalue weighted by Crippen LogP contribution is 2.41. The van der Waals surface area contributed by atoms with E-state index in [1.165, 1.54) is 63.6 Å². The molecule has 3 aromatic heterocycles. The highest BCUT2D eigenvalue weighted by molar-refractivity contribution is 7.22. The number of hydrogen-bond acceptors (Lipinski definition) is 4. The Hall–Kier alpha value is -6.66. The molecule has 0 aliphatic rings. The van der Waals surface area contributed by atoms with Crippen LogP contribution in [0.15, 0.2) is 176 Å². The van der Waals surface area contributed by atoms with Gasteiger partial charge in [-0.3, -0.25) is 0 Å². The number of fused-ring (bicyclic) bond motifs is 8. The molecule has 55 heavy (non-hydrogen) atoms. The van der Waals surface area contributed by atoms with Gasteiger partial charge in [0.25, 0.3) is 0 Å². The van der Waals surface area contributed by atoms with Gasteiger partial charge in [0, 0.05) is 27.6 Å². The van der Waals surface area contributed by atoms with Gasteiger partial charge >= 0.3 is 0 Å². The van der Waals surface area contributed by atoms with Crippen molar-refractivity contribution in [1.82, 2.24) is 14.5 Å². The molecule has 9 aromatic carbocycles. The van der Waals surface area contributed by atoms with Crippen LogP contribution in [0.4, 0.5) is 0 Å². The Morgan fingerprint density at radius 3 is 1.31 bits per heavy atom. The van der Waals surface area contributed by atoms with Crippen LogP contribution in [0.3, 0.4) is 0 Å². The molecule has 12 aromatic rings. The Morgan fingerprint density at radius 2 is 0.782 bits per heavy atom. The van der Waals surface area contributed by atoms with Crippen LogP contribution in [-0.2, 0) is 0 Å². The molecule has 0 radical (unpaired) electrons. The Bertz CT molecular complexity index is 3220. The maximum absolute atomic E-state index is 5.16. The van der Waals surface area contributed by atoms with Crippen LogP contribution in [0.25, 0.3) is 113 Å². The largest absolute Gasteiger partial charge is 0.309 e. The molecule has 0 unspecified atom stereocenters. The standard InChI is InChI=1S/C50H29N3S2/c1-2-8-32-23-37(14-13-30(32)7-1)31-15-19-40(20-16-31)53-45-21-17-38(49-51-43-26-33-9-3-5-11-35(33)28-47(43)54-49)24-41(45)42-25-39(18-22-46(42)53)50-52-44-27-34-10-4-6-12-36(34)29-48(44)55-50/h1-29H. The van der Waals surface area contributed by atoms with Crippen molar-refractivity contribution >= 4 is 97.2 Å². The van der Waals surface area contributed by atoms with Crippen LogP contribution in [0, 0.1) is 0 Å². The van der Waals surface area contributed by atoms with Crippen molar-refractivity contribution in [3.05, 3.63) is 176 Å². The van der Waals surface area contributed by atoms with Crippen LogP contribution in [0.2, 0.25) is 0 Å². The molecule has 0 N–H and O–H groups in total. The molecule has 0 saturated carbocycles. The number of nitrogens with zero attached hydrogens (tertiary/aromatic N) is 3. The van der Waals surface area contributed by atoms with E-state index >= 15 is 0 Å². The summed E-state index contributed by atoms with van der Waals surface area (Å²) >= 11 is 3.52. The molecule has 3 heterocycles. The van der Waals surface area contributed by atoms with E-state index < -0.39 is 0 Å². The Morgan fingerprint density at radius 1 is 0.345 bits per heavy atom. The maximum atomic E-state index is 5.16. The van der Waals surface area contributed by atoms with Crippen molar-refractivity contribution in [3.63, 3.8) is 0 Å². The summed E-state index contributed by atoms with van der Waals surface area (Å²) in [5.41, 5.74) is 10.2. The van der Waals surface area contributed by atoms with Crippen LogP contribution >= 0.6 is 22.7 Å². The molecule has 12 rings (SSSR count). The van der Waals surface area contributed by atoms with Crippen LogP contribution in [-0.4, -0.2) is 14.5 Å². The predicted octanol–water partition coefficient (Wildman–Crippen LogP) is 14.5. The molecular weight excluding hydrogens is 707 g/mol. The first-order valence-corrected chi connectivity index (χ1v) is 20.1. The summed E-state index contributed by atoms with van der Waals surface area (Å²) in [5, 5.41) is 11.9. The molecule has 5 heteroatoms. The number of benzene rings is 9. The van der Waals surface area contributed by atoms with Gasteiger partial charge in [0.05, 0.1) is 31.5 Å². The summed E-state index contributed by atoms with van der Waals surface area (Å²) < 4.78 is 4.81. The lowest BCUT2D eigenvalue weighted by atomic mass is 10.0. The van der Waals surface area contributed by atoms with E-state index in [1.54, 1.807) is 22.7 Å². The number of thiazole rings is 2. The summed E-state index contributed by atoms with van der Waals surface area (Å²) in [6.45, 7) is 0. The first-order valence-electron chi connectivity index (χ1n) is 18.5. The third-order valence-corrected chi connectivity index (χ3v) is 13.1. The maximum Gasteiger partial charge on any atom is 0.124 e. The van der Waals surface area contributed by atoms with Gasteiger partial charge in [-0.05, 0) is 122 Å². The molecule has 256 valence electrons. The Kier molecular flexibility index (Phi) is 6.67. The monoisotopic (exact) mass is 735 g/mol. The summed E-state index contributed by atoms with van der Waals surface area (Å²) in [5.74, 6) is 0. The number of aromatic nitrogens is 3. The summed E-state index contributed by atoms with van der Waals surface area (Å²) in [4.78, 5) is 10.3. The van der Waals surface area contributed by atoms with Crippen molar-refractivity contribution in [2.45, 2.75) is 0 Å². The first kappa shape index (κ1) is 30.8. The SMILES string of the molecule is c1ccc2cc(-c3ccc(-n4c5ccc(-c6nc7cc8ccccc8cc7s6)cc5c5cc(-c6nc7cc8ccccc8cc7s6)ccc54)cc3)ccc2c1. The second-order valence-electron chi connectivity index (χ2n) is 14.3. The van der Waals surface area contributed by atoms with E-state index in [-0.39, 0.29) is 0 Å². The average Bonchev–Trinajstić information content (AvgIpc) is 3.94. The lowest BCUT2D eigenvalue weighted by Gasteiger charge is -2.10. The third-order valence-electron chi connectivity index (χ3n) is 11.0. The molecule has 0 bridgehead atoms. The van der Waals surface area contributed by atoms with E-state index in [1.807, 2.05) is 0 Å². The van der Waals surface area contributed by atoms with Crippen LogP contribution in [0.1, 0.15) is 0 Å². The van der Waals surface area contributed by atoms with E-state index in [4.69, 9.17) is 9.97 Å². The second-order valence-corrected chi connectivity index (χ2v) is 16.3. The zero-order valence-corrected chi connectivity index (χ0v) is 31.0. The minimum absolute atomic E-state index is 1.03. The molecule has 0 saturated heterocycles.